The molecule has 1 unspecified atom stereocenters. The summed E-state index contributed by atoms with van der Waals surface area (Å²) in [5.41, 5.74) is 7.67. The molecule has 4 rings (SSSR count). The second-order valence-electron chi connectivity index (χ2n) is 8.78. The predicted molar refractivity (Wildman–Crippen MR) is 144 cm³/mol. The van der Waals surface area contributed by atoms with Gasteiger partial charge in [-0.15, -0.1) is 0 Å². The van der Waals surface area contributed by atoms with Crippen LogP contribution < -0.4 is 4.74 Å². The van der Waals surface area contributed by atoms with E-state index < -0.39 is 6.16 Å². The number of aromatic nitrogens is 1. The van der Waals surface area contributed by atoms with Gasteiger partial charge in [-0.05, 0) is 72.9 Å². The number of carbonyl (C=O) groups excluding carboxylic acids is 1. The van der Waals surface area contributed by atoms with Crippen molar-refractivity contribution in [1.29, 1.82) is 0 Å². The van der Waals surface area contributed by atoms with Crippen LogP contribution in [0, 0.1) is 13.8 Å². The van der Waals surface area contributed by atoms with E-state index in [0.29, 0.717) is 17.9 Å². The molecule has 0 saturated heterocycles. The van der Waals surface area contributed by atoms with Gasteiger partial charge in [0.2, 0.25) is 0 Å². The SMILES string of the molecule is CCOC(=O)Oc1cccc(-c2ccc(C(CC(=NO)c3ccnc(C)c3)c3ccccc3C)cc2)c1. The van der Waals surface area contributed by atoms with Crippen LogP contribution in [0.25, 0.3) is 11.1 Å². The molecule has 37 heavy (non-hydrogen) atoms. The van der Waals surface area contributed by atoms with Crippen molar-refractivity contribution in [3.63, 3.8) is 0 Å². The van der Waals surface area contributed by atoms with Crippen LogP contribution in [0.4, 0.5) is 4.79 Å². The molecule has 6 heteroatoms. The Bertz CT molecular complexity index is 1400. The number of ether oxygens (including phenoxy) is 2. The normalized spacial score (nSPS) is 12.1. The van der Waals surface area contributed by atoms with Crippen molar-refractivity contribution in [2.45, 2.75) is 33.1 Å². The summed E-state index contributed by atoms with van der Waals surface area (Å²) in [4.78, 5) is 16.0. The maximum Gasteiger partial charge on any atom is 0.513 e. The van der Waals surface area contributed by atoms with Gasteiger partial charge in [0.15, 0.2) is 0 Å². The second kappa shape index (κ2) is 12.0. The molecule has 1 aromatic heterocycles. The van der Waals surface area contributed by atoms with E-state index >= 15 is 0 Å². The molecule has 0 aliphatic carbocycles. The summed E-state index contributed by atoms with van der Waals surface area (Å²) in [6.07, 6.45) is 1.53. The summed E-state index contributed by atoms with van der Waals surface area (Å²) < 4.78 is 10.1. The molecular formula is C31H30N2O4. The maximum atomic E-state index is 11.7. The Morgan fingerprint density at radius 2 is 1.73 bits per heavy atom. The third-order valence-corrected chi connectivity index (χ3v) is 6.26. The van der Waals surface area contributed by atoms with E-state index in [1.165, 1.54) is 11.1 Å². The van der Waals surface area contributed by atoms with Crippen molar-refractivity contribution in [2.24, 2.45) is 5.16 Å². The lowest BCUT2D eigenvalue weighted by atomic mass is 9.83. The van der Waals surface area contributed by atoms with Crippen LogP contribution in [-0.2, 0) is 4.74 Å². The number of hydrogen-bond donors (Lipinski definition) is 1. The van der Waals surface area contributed by atoms with Crippen LogP contribution in [-0.4, -0.2) is 28.7 Å². The largest absolute Gasteiger partial charge is 0.513 e. The summed E-state index contributed by atoms with van der Waals surface area (Å²) in [5.74, 6) is 0.405. The molecule has 0 amide bonds. The molecule has 1 atom stereocenters. The monoisotopic (exact) mass is 494 g/mol. The molecule has 0 spiro atoms. The lowest BCUT2D eigenvalue weighted by Crippen LogP contribution is -2.12. The molecular weight excluding hydrogens is 464 g/mol. The number of hydrogen-bond acceptors (Lipinski definition) is 6. The van der Waals surface area contributed by atoms with Crippen LogP contribution in [0.15, 0.2) is 96.3 Å². The number of rotatable bonds is 8. The summed E-state index contributed by atoms with van der Waals surface area (Å²) in [6, 6.07) is 27.7. The van der Waals surface area contributed by atoms with Gasteiger partial charge in [-0.2, -0.15) is 0 Å². The standard InChI is InChI=1S/C31H30N2O4/c1-4-36-31(34)37-27-10-7-9-25(19-27)23-12-14-24(15-13-23)29(28-11-6-5-8-21(28)2)20-30(33-35)26-16-17-32-22(3)18-26/h5-19,29,35H,4,20H2,1-3H3. The van der Waals surface area contributed by atoms with Gasteiger partial charge in [-0.3, -0.25) is 4.98 Å². The van der Waals surface area contributed by atoms with Crippen LogP contribution in [0.1, 0.15) is 47.2 Å². The molecule has 188 valence electrons. The van der Waals surface area contributed by atoms with E-state index in [9.17, 15) is 10.0 Å². The first-order valence-corrected chi connectivity index (χ1v) is 12.2. The van der Waals surface area contributed by atoms with Gasteiger partial charge < -0.3 is 14.7 Å². The van der Waals surface area contributed by atoms with E-state index in [1.807, 2.05) is 49.4 Å². The fraction of sp³-hybridized carbons (Fsp3) is 0.194. The number of aryl methyl sites for hydroxylation is 2. The van der Waals surface area contributed by atoms with Gasteiger partial charge in [-0.1, -0.05) is 65.8 Å². The minimum absolute atomic E-state index is 0.0203. The molecule has 0 aliphatic heterocycles. The van der Waals surface area contributed by atoms with E-state index in [1.54, 1.807) is 19.2 Å². The topological polar surface area (TPSA) is 81.0 Å². The molecule has 3 aromatic carbocycles. The fourth-order valence-electron chi connectivity index (χ4n) is 4.41. The molecule has 6 nitrogen and oxygen atoms in total. The number of pyridine rings is 1. The third-order valence-electron chi connectivity index (χ3n) is 6.26. The highest BCUT2D eigenvalue weighted by atomic mass is 16.7. The third kappa shape index (κ3) is 6.41. The summed E-state index contributed by atoms with van der Waals surface area (Å²) >= 11 is 0. The molecule has 1 heterocycles. The first-order chi connectivity index (χ1) is 18.0. The highest BCUT2D eigenvalue weighted by Gasteiger charge is 2.20. The van der Waals surface area contributed by atoms with Crippen molar-refractivity contribution in [3.8, 4) is 16.9 Å². The van der Waals surface area contributed by atoms with Crippen molar-refractivity contribution < 1.29 is 19.5 Å². The quantitative estimate of drug-likeness (QED) is 0.0914. The molecule has 0 bridgehead atoms. The minimum atomic E-state index is -0.721. The zero-order valence-corrected chi connectivity index (χ0v) is 21.2. The van der Waals surface area contributed by atoms with Crippen LogP contribution in [0.3, 0.4) is 0 Å². The first kappa shape index (κ1) is 25.6. The van der Waals surface area contributed by atoms with Crippen molar-refractivity contribution in [3.05, 3.63) is 119 Å². The van der Waals surface area contributed by atoms with Crippen LogP contribution in [0.5, 0.6) is 5.75 Å². The minimum Gasteiger partial charge on any atom is -0.434 e. The Morgan fingerprint density at radius 1 is 0.946 bits per heavy atom. The van der Waals surface area contributed by atoms with Gasteiger partial charge in [0, 0.05) is 29.8 Å². The van der Waals surface area contributed by atoms with Crippen LogP contribution in [0.2, 0.25) is 0 Å². The van der Waals surface area contributed by atoms with Crippen LogP contribution >= 0.6 is 0 Å². The number of benzene rings is 3. The Kier molecular flexibility index (Phi) is 8.31. The van der Waals surface area contributed by atoms with Gasteiger partial charge in [0.25, 0.3) is 0 Å². The summed E-state index contributed by atoms with van der Waals surface area (Å²) in [7, 11) is 0. The van der Waals surface area contributed by atoms with E-state index in [-0.39, 0.29) is 12.5 Å². The zero-order valence-electron chi connectivity index (χ0n) is 21.2. The van der Waals surface area contributed by atoms with Gasteiger partial charge in [-0.25, -0.2) is 4.79 Å². The van der Waals surface area contributed by atoms with Gasteiger partial charge in [0.1, 0.15) is 5.75 Å². The van der Waals surface area contributed by atoms with Gasteiger partial charge >= 0.3 is 6.16 Å². The Labute approximate surface area is 217 Å². The number of nitrogens with zero attached hydrogens (tertiary/aromatic N) is 2. The highest BCUT2D eigenvalue weighted by Crippen LogP contribution is 2.34. The summed E-state index contributed by atoms with van der Waals surface area (Å²) in [6.45, 7) is 6.00. The fourth-order valence-corrected chi connectivity index (χ4v) is 4.41. The Morgan fingerprint density at radius 3 is 2.43 bits per heavy atom. The molecule has 0 radical (unpaired) electrons. The molecule has 4 aromatic rings. The lowest BCUT2D eigenvalue weighted by Gasteiger charge is -2.21. The molecule has 0 saturated carbocycles. The van der Waals surface area contributed by atoms with E-state index in [2.05, 4.69) is 53.5 Å². The average molecular weight is 495 g/mol. The highest BCUT2D eigenvalue weighted by molar-refractivity contribution is 6.01. The molecule has 0 fully saturated rings. The van der Waals surface area contributed by atoms with E-state index in [0.717, 1.165) is 27.9 Å². The van der Waals surface area contributed by atoms with Gasteiger partial charge in [0.05, 0.1) is 12.3 Å². The van der Waals surface area contributed by atoms with E-state index in [4.69, 9.17) is 9.47 Å². The smallest absolute Gasteiger partial charge is 0.434 e. The number of carbonyl (C=O) groups is 1. The maximum absolute atomic E-state index is 11.7. The Balaban J connectivity index is 1.65. The lowest BCUT2D eigenvalue weighted by molar-refractivity contribution is 0.104. The zero-order chi connectivity index (χ0) is 26.2. The average Bonchev–Trinajstić information content (AvgIpc) is 2.90. The molecule has 0 aliphatic rings. The Hall–Kier alpha value is -4.45. The predicted octanol–water partition coefficient (Wildman–Crippen LogP) is 7.30. The van der Waals surface area contributed by atoms with Crippen molar-refractivity contribution in [2.75, 3.05) is 6.61 Å². The first-order valence-electron chi connectivity index (χ1n) is 12.2. The summed E-state index contributed by atoms with van der Waals surface area (Å²) in [5, 5.41) is 13.6. The van der Waals surface area contributed by atoms with Crippen molar-refractivity contribution in [1.82, 2.24) is 4.98 Å². The second-order valence-corrected chi connectivity index (χ2v) is 8.78. The molecule has 1 N–H and O–H groups in total. The van der Waals surface area contributed by atoms with Crippen molar-refractivity contribution >= 4 is 11.9 Å². The number of oxime groups is 1.